The quantitative estimate of drug-likeness (QED) is 0.855. The van der Waals surface area contributed by atoms with Crippen molar-refractivity contribution in [2.75, 3.05) is 19.7 Å². The minimum absolute atomic E-state index is 0.0722. The number of nitrogens with zero attached hydrogens (tertiary/aromatic N) is 1. The molecule has 0 aliphatic carbocycles. The predicted octanol–water partition coefficient (Wildman–Crippen LogP) is 1.60. The summed E-state index contributed by atoms with van der Waals surface area (Å²) in [5.41, 5.74) is 2.33. The zero-order chi connectivity index (χ0) is 14.1. The van der Waals surface area contributed by atoms with Gasteiger partial charge in [0.05, 0.1) is 12.7 Å². The van der Waals surface area contributed by atoms with Crippen LogP contribution in [0, 0.1) is 0 Å². The topological polar surface area (TPSA) is 41.6 Å². The molecule has 0 radical (unpaired) electrons. The second-order valence-electron chi connectivity index (χ2n) is 5.40. The first-order chi connectivity index (χ1) is 9.66. The Morgan fingerprint density at radius 2 is 2.35 bits per heavy atom. The lowest BCUT2D eigenvalue weighted by atomic mass is 9.98. The zero-order valence-electron chi connectivity index (χ0n) is 11.6. The maximum Gasteiger partial charge on any atom is 0.242 e. The van der Waals surface area contributed by atoms with Crippen LogP contribution in [-0.2, 0) is 22.5 Å². The average molecular weight is 295 g/mol. The van der Waals surface area contributed by atoms with Crippen LogP contribution < -0.4 is 5.32 Å². The summed E-state index contributed by atoms with van der Waals surface area (Å²) in [4.78, 5) is 14.5. The van der Waals surface area contributed by atoms with E-state index in [0.717, 1.165) is 30.1 Å². The molecule has 1 amide bonds. The van der Waals surface area contributed by atoms with Crippen molar-refractivity contribution in [3.8, 4) is 0 Å². The Kier molecular flexibility index (Phi) is 3.96. The van der Waals surface area contributed by atoms with Gasteiger partial charge >= 0.3 is 0 Å². The first kappa shape index (κ1) is 13.9. The fourth-order valence-electron chi connectivity index (χ4n) is 2.96. The van der Waals surface area contributed by atoms with E-state index in [9.17, 15) is 4.79 Å². The molecule has 108 valence electrons. The van der Waals surface area contributed by atoms with Crippen LogP contribution in [-0.4, -0.2) is 42.6 Å². The molecule has 1 aromatic rings. The van der Waals surface area contributed by atoms with Crippen molar-refractivity contribution in [1.82, 2.24) is 10.2 Å². The third-order valence-electron chi connectivity index (χ3n) is 4.10. The van der Waals surface area contributed by atoms with E-state index in [0.29, 0.717) is 13.2 Å². The molecule has 20 heavy (non-hydrogen) atoms. The molecular weight excluding hydrogens is 276 g/mol. The molecule has 0 bridgehead atoms. The van der Waals surface area contributed by atoms with Gasteiger partial charge in [0, 0.05) is 24.7 Å². The fraction of sp³-hybridized carbons (Fsp3) is 0.533. The maximum atomic E-state index is 12.6. The standard InChI is InChI=1S/C15H19ClN2O2/c1-10-14(17-6-8-20-10)15(19)18-7-5-12-11(9-18)3-2-4-13(12)16/h2-4,10,14,17H,5-9H2,1H3/t10-,14+/m1/s1. The van der Waals surface area contributed by atoms with Crippen molar-refractivity contribution in [1.29, 1.82) is 0 Å². The summed E-state index contributed by atoms with van der Waals surface area (Å²) in [7, 11) is 0. The number of nitrogens with one attached hydrogen (secondary N) is 1. The van der Waals surface area contributed by atoms with Gasteiger partial charge in [-0.05, 0) is 30.5 Å². The molecule has 0 spiro atoms. The molecule has 2 heterocycles. The summed E-state index contributed by atoms with van der Waals surface area (Å²) in [5.74, 6) is 0.128. The lowest BCUT2D eigenvalue weighted by Gasteiger charge is -2.36. The maximum absolute atomic E-state index is 12.6. The van der Waals surface area contributed by atoms with Gasteiger partial charge in [-0.15, -0.1) is 0 Å². The Morgan fingerprint density at radius 3 is 3.15 bits per heavy atom. The van der Waals surface area contributed by atoms with Crippen LogP contribution >= 0.6 is 11.6 Å². The minimum Gasteiger partial charge on any atom is -0.375 e. The summed E-state index contributed by atoms with van der Waals surface area (Å²) in [5, 5.41) is 4.07. The Bertz CT molecular complexity index is 521. The smallest absolute Gasteiger partial charge is 0.242 e. The van der Waals surface area contributed by atoms with Crippen molar-refractivity contribution < 1.29 is 9.53 Å². The van der Waals surface area contributed by atoms with Crippen molar-refractivity contribution in [2.24, 2.45) is 0 Å². The fourth-order valence-corrected chi connectivity index (χ4v) is 3.25. The number of halogens is 1. The Balaban J connectivity index is 1.75. The van der Waals surface area contributed by atoms with Crippen LogP contribution in [0.1, 0.15) is 18.1 Å². The SMILES string of the molecule is C[C@H]1OCCN[C@@H]1C(=O)N1CCc2c(Cl)cccc2C1. The number of carbonyl (C=O) groups excluding carboxylic acids is 1. The first-order valence-electron chi connectivity index (χ1n) is 7.07. The number of rotatable bonds is 1. The van der Waals surface area contributed by atoms with Gasteiger partial charge in [-0.3, -0.25) is 4.79 Å². The molecule has 1 fully saturated rings. The van der Waals surface area contributed by atoms with Crippen molar-refractivity contribution in [3.63, 3.8) is 0 Å². The third-order valence-corrected chi connectivity index (χ3v) is 4.46. The largest absolute Gasteiger partial charge is 0.375 e. The van der Waals surface area contributed by atoms with Gasteiger partial charge in [0.2, 0.25) is 5.91 Å². The summed E-state index contributed by atoms with van der Waals surface area (Å²) in [6, 6.07) is 5.68. The molecular formula is C15H19ClN2O2. The predicted molar refractivity (Wildman–Crippen MR) is 77.8 cm³/mol. The zero-order valence-corrected chi connectivity index (χ0v) is 12.3. The molecule has 2 aliphatic rings. The number of morpholine rings is 1. The Morgan fingerprint density at radius 1 is 1.50 bits per heavy atom. The van der Waals surface area contributed by atoms with Gasteiger partial charge in [0.25, 0.3) is 0 Å². The number of benzene rings is 1. The highest BCUT2D eigenvalue weighted by molar-refractivity contribution is 6.31. The lowest BCUT2D eigenvalue weighted by Crippen LogP contribution is -2.57. The normalized spacial score (nSPS) is 26.2. The number of fused-ring (bicyclic) bond motifs is 1. The van der Waals surface area contributed by atoms with Gasteiger partial charge in [-0.25, -0.2) is 0 Å². The van der Waals surface area contributed by atoms with E-state index in [1.165, 1.54) is 5.56 Å². The molecule has 5 heteroatoms. The highest BCUT2D eigenvalue weighted by Gasteiger charge is 2.33. The van der Waals surface area contributed by atoms with Crippen LogP contribution in [0.15, 0.2) is 18.2 Å². The first-order valence-corrected chi connectivity index (χ1v) is 7.44. The van der Waals surface area contributed by atoms with Crippen LogP contribution in [0.2, 0.25) is 5.02 Å². The van der Waals surface area contributed by atoms with E-state index in [1.54, 1.807) is 0 Å². The molecule has 1 aromatic carbocycles. The Labute approximate surface area is 124 Å². The van der Waals surface area contributed by atoms with Gasteiger partial charge in [0.1, 0.15) is 6.04 Å². The van der Waals surface area contributed by atoms with Gasteiger partial charge in [0.15, 0.2) is 0 Å². The van der Waals surface area contributed by atoms with Gasteiger partial charge in [-0.1, -0.05) is 23.7 Å². The molecule has 0 aromatic heterocycles. The molecule has 0 unspecified atom stereocenters. The monoisotopic (exact) mass is 294 g/mol. The van der Waals surface area contributed by atoms with Crippen molar-refractivity contribution >= 4 is 17.5 Å². The van der Waals surface area contributed by atoms with E-state index in [-0.39, 0.29) is 18.1 Å². The summed E-state index contributed by atoms with van der Waals surface area (Å²) < 4.78 is 5.56. The molecule has 2 aliphatic heterocycles. The third kappa shape index (κ3) is 2.55. The van der Waals surface area contributed by atoms with Crippen molar-refractivity contribution in [3.05, 3.63) is 34.3 Å². The van der Waals surface area contributed by atoms with E-state index < -0.39 is 0 Å². The lowest BCUT2D eigenvalue weighted by molar-refractivity contribution is -0.140. The molecule has 1 N–H and O–H groups in total. The van der Waals surface area contributed by atoms with Crippen LogP contribution in [0.5, 0.6) is 0 Å². The highest BCUT2D eigenvalue weighted by Crippen LogP contribution is 2.26. The van der Waals surface area contributed by atoms with Crippen LogP contribution in [0.3, 0.4) is 0 Å². The van der Waals surface area contributed by atoms with Gasteiger partial charge < -0.3 is 15.0 Å². The van der Waals surface area contributed by atoms with Crippen LogP contribution in [0.4, 0.5) is 0 Å². The van der Waals surface area contributed by atoms with E-state index in [4.69, 9.17) is 16.3 Å². The number of hydrogen-bond acceptors (Lipinski definition) is 3. The number of amides is 1. The van der Waals surface area contributed by atoms with E-state index in [2.05, 4.69) is 11.4 Å². The second-order valence-corrected chi connectivity index (χ2v) is 5.80. The average Bonchev–Trinajstić information content (AvgIpc) is 2.47. The number of hydrogen-bond donors (Lipinski definition) is 1. The molecule has 4 nitrogen and oxygen atoms in total. The molecule has 3 rings (SSSR count). The summed E-state index contributed by atoms with van der Waals surface area (Å²) >= 11 is 6.21. The van der Waals surface area contributed by atoms with Crippen molar-refractivity contribution in [2.45, 2.75) is 32.0 Å². The summed E-state index contributed by atoms with van der Waals surface area (Å²) in [6.07, 6.45) is 0.750. The van der Waals surface area contributed by atoms with E-state index >= 15 is 0 Å². The highest BCUT2D eigenvalue weighted by atomic mass is 35.5. The van der Waals surface area contributed by atoms with E-state index in [1.807, 2.05) is 24.0 Å². The summed E-state index contributed by atoms with van der Waals surface area (Å²) in [6.45, 7) is 4.71. The molecule has 1 saturated heterocycles. The Hall–Kier alpha value is -1.10. The number of ether oxygens (including phenoxy) is 1. The van der Waals surface area contributed by atoms with Crippen LogP contribution in [0.25, 0.3) is 0 Å². The molecule has 0 saturated carbocycles. The second kappa shape index (κ2) is 5.72. The molecule has 2 atom stereocenters. The number of carbonyl (C=O) groups is 1. The van der Waals surface area contributed by atoms with Gasteiger partial charge in [-0.2, -0.15) is 0 Å². The minimum atomic E-state index is -0.232.